The van der Waals surface area contributed by atoms with Gasteiger partial charge in [0.05, 0.1) is 12.7 Å². The minimum absolute atomic E-state index is 0.411. The van der Waals surface area contributed by atoms with Gasteiger partial charge < -0.3 is 10.1 Å². The van der Waals surface area contributed by atoms with Crippen LogP contribution in [0.1, 0.15) is 13.8 Å². The predicted molar refractivity (Wildman–Crippen MR) is 65.8 cm³/mol. The SMILES string of the molecule is CC(C)N1CCO[C@@H](CN2CCNCC2)C1. The van der Waals surface area contributed by atoms with E-state index in [1.165, 1.54) is 13.1 Å². The van der Waals surface area contributed by atoms with Crippen LogP contribution < -0.4 is 5.32 Å². The van der Waals surface area contributed by atoms with Crippen molar-refractivity contribution in [3.63, 3.8) is 0 Å². The number of piperazine rings is 1. The zero-order chi connectivity index (χ0) is 11.4. The molecule has 94 valence electrons. The molecule has 1 atom stereocenters. The van der Waals surface area contributed by atoms with E-state index < -0.39 is 0 Å². The predicted octanol–water partition coefficient (Wildman–Crippen LogP) is 0.000800. The summed E-state index contributed by atoms with van der Waals surface area (Å²) in [7, 11) is 0. The van der Waals surface area contributed by atoms with E-state index in [1.54, 1.807) is 0 Å². The zero-order valence-corrected chi connectivity index (χ0v) is 10.6. The van der Waals surface area contributed by atoms with Gasteiger partial charge in [-0.15, -0.1) is 0 Å². The number of ether oxygens (including phenoxy) is 1. The maximum Gasteiger partial charge on any atom is 0.0829 e. The minimum Gasteiger partial charge on any atom is -0.374 e. The highest BCUT2D eigenvalue weighted by Gasteiger charge is 2.24. The number of hydrogen-bond donors (Lipinski definition) is 1. The molecule has 2 fully saturated rings. The summed E-state index contributed by atoms with van der Waals surface area (Å²) in [5.74, 6) is 0. The summed E-state index contributed by atoms with van der Waals surface area (Å²) in [5, 5.41) is 3.39. The first kappa shape index (κ1) is 12.3. The second-order valence-corrected chi connectivity index (χ2v) is 5.13. The molecular weight excluding hydrogens is 202 g/mol. The third kappa shape index (κ3) is 3.42. The van der Waals surface area contributed by atoms with Crippen molar-refractivity contribution < 1.29 is 4.74 Å². The van der Waals surface area contributed by atoms with Gasteiger partial charge in [-0.3, -0.25) is 9.80 Å². The molecule has 0 bridgehead atoms. The monoisotopic (exact) mass is 227 g/mol. The van der Waals surface area contributed by atoms with E-state index >= 15 is 0 Å². The largest absolute Gasteiger partial charge is 0.374 e. The molecule has 4 heteroatoms. The Morgan fingerprint density at radius 1 is 1.25 bits per heavy atom. The van der Waals surface area contributed by atoms with Crippen molar-refractivity contribution in [2.75, 3.05) is 52.4 Å². The van der Waals surface area contributed by atoms with Crippen molar-refractivity contribution in [3.05, 3.63) is 0 Å². The molecule has 0 unspecified atom stereocenters. The molecule has 2 aliphatic heterocycles. The lowest BCUT2D eigenvalue weighted by Crippen LogP contribution is -2.52. The molecule has 0 spiro atoms. The first-order valence-corrected chi connectivity index (χ1v) is 6.54. The molecule has 4 nitrogen and oxygen atoms in total. The summed E-state index contributed by atoms with van der Waals surface area (Å²) in [6, 6.07) is 0.648. The summed E-state index contributed by atoms with van der Waals surface area (Å²) in [6.07, 6.45) is 0.411. The van der Waals surface area contributed by atoms with Crippen molar-refractivity contribution >= 4 is 0 Å². The molecular formula is C12H25N3O. The van der Waals surface area contributed by atoms with Gasteiger partial charge in [-0.2, -0.15) is 0 Å². The molecule has 16 heavy (non-hydrogen) atoms. The summed E-state index contributed by atoms with van der Waals surface area (Å²) in [5.41, 5.74) is 0. The molecule has 2 aliphatic rings. The van der Waals surface area contributed by atoms with E-state index in [2.05, 4.69) is 29.0 Å². The highest BCUT2D eigenvalue weighted by molar-refractivity contribution is 4.78. The third-order valence-electron chi connectivity index (χ3n) is 3.57. The maximum absolute atomic E-state index is 5.86. The van der Waals surface area contributed by atoms with Crippen LogP contribution in [0.25, 0.3) is 0 Å². The van der Waals surface area contributed by atoms with E-state index in [0.29, 0.717) is 12.1 Å². The van der Waals surface area contributed by atoms with E-state index in [1.807, 2.05) is 0 Å². The van der Waals surface area contributed by atoms with Crippen LogP contribution in [0.3, 0.4) is 0 Å². The number of nitrogens with one attached hydrogen (secondary N) is 1. The lowest BCUT2D eigenvalue weighted by Gasteiger charge is -2.38. The molecule has 0 aromatic carbocycles. The molecule has 1 N–H and O–H groups in total. The molecule has 0 amide bonds. The topological polar surface area (TPSA) is 27.7 Å². The zero-order valence-electron chi connectivity index (χ0n) is 10.6. The molecule has 0 aromatic rings. The Hall–Kier alpha value is -0.160. The number of morpholine rings is 1. The van der Waals surface area contributed by atoms with Crippen molar-refractivity contribution in [3.8, 4) is 0 Å². The Morgan fingerprint density at radius 2 is 2.00 bits per heavy atom. The Labute approximate surface area is 98.9 Å². The molecule has 0 radical (unpaired) electrons. The standard InChI is InChI=1S/C12H25N3O/c1-11(2)15-7-8-16-12(10-15)9-14-5-3-13-4-6-14/h11-13H,3-10H2,1-2H3/t12-/m0/s1. The Balaban J connectivity index is 1.75. The van der Waals surface area contributed by atoms with E-state index in [0.717, 1.165) is 39.3 Å². The second kappa shape index (κ2) is 5.96. The fourth-order valence-corrected chi connectivity index (χ4v) is 2.50. The van der Waals surface area contributed by atoms with Crippen LogP contribution in [-0.4, -0.2) is 74.4 Å². The fourth-order valence-electron chi connectivity index (χ4n) is 2.50. The van der Waals surface area contributed by atoms with Gasteiger partial charge in [-0.25, -0.2) is 0 Å². The lowest BCUT2D eigenvalue weighted by molar-refractivity contribution is -0.0530. The number of rotatable bonds is 3. The van der Waals surface area contributed by atoms with Gasteiger partial charge in [0.25, 0.3) is 0 Å². The van der Waals surface area contributed by atoms with Crippen LogP contribution in [0, 0.1) is 0 Å². The van der Waals surface area contributed by atoms with Crippen LogP contribution in [-0.2, 0) is 4.74 Å². The molecule has 0 saturated carbocycles. The van der Waals surface area contributed by atoms with Crippen molar-refractivity contribution in [2.24, 2.45) is 0 Å². The second-order valence-electron chi connectivity index (χ2n) is 5.13. The molecule has 0 aliphatic carbocycles. The van der Waals surface area contributed by atoms with Gasteiger partial charge in [0.15, 0.2) is 0 Å². The molecule has 2 heterocycles. The first-order chi connectivity index (χ1) is 7.75. The van der Waals surface area contributed by atoms with Gasteiger partial charge in [-0.05, 0) is 13.8 Å². The quantitative estimate of drug-likeness (QED) is 0.734. The molecule has 2 rings (SSSR count). The Kier molecular flexibility index (Phi) is 4.58. The van der Waals surface area contributed by atoms with Crippen molar-refractivity contribution in [1.82, 2.24) is 15.1 Å². The average molecular weight is 227 g/mol. The average Bonchev–Trinajstić information content (AvgIpc) is 2.30. The van der Waals surface area contributed by atoms with Gasteiger partial charge in [-0.1, -0.05) is 0 Å². The smallest absolute Gasteiger partial charge is 0.0829 e. The Bertz CT molecular complexity index is 204. The van der Waals surface area contributed by atoms with Crippen LogP contribution in [0.2, 0.25) is 0 Å². The normalized spacial score (nSPS) is 29.8. The minimum atomic E-state index is 0.411. The molecule has 2 saturated heterocycles. The van der Waals surface area contributed by atoms with E-state index in [9.17, 15) is 0 Å². The van der Waals surface area contributed by atoms with Gasteiger partial charge >= 0.3 is 0 Å². The summed E-state index contributed by atoms with van der Waals surface area (Å²) in [6.45, 7) is 13.3. The first-order valence-electron chi connectivity index (χ1n) is 6.54. The van der Waals surface area contributed by atoms with Crippen LogP contribution in [0.5, 0.6) is 0 Å². The van der Waals surface area contributed by atoms with Gasteiger partial charge in [0, 0.05) is 51.9 Å². The highest BCUT2D eigenvalue weighted by Crippen LogP contribution is 2.10. The summed E-state index contributed by atoms with van der Waals surface area (Å²) < 4.78 is 5.86. The highest BCUT2D eigenvalue weighted by atomic mass is 16.5. The third-order valence-corrected chi connectivity index (χ3v) is 3.57. The summed E-state index contributed by atoms with van der Waals surface area (Å²) >= 11 is 0. The van der Waals surface area contributed by atoms with Crippen LogP contribution >= 0.6 is 0 Å². The molecule has 0 aromatic heterocycles. The lowest BCUT2D eigenvalue weighted by atomic mass is 10.2. The van der Waals surface area contributed by atoms with E-state index in [4.69, 9.17) is 4.74 Å². The van der Waals surface area contributed by atoms with Crippen LogP contribution in [0.15, 0.2) is 0 Å². The van der Waals surface area contributed by atoms with Crippen molar-refractivity contribution in [2.45, 2.75) is 26.0 Å². The van der Waals surface area contributed by atoms with Gasteiger partial charge in [0.2, 0.25) is 0 Å². The summed E-state index contributed by atoms with van der Waals surface area (Å²) in [4.78, 5) is 5.04. The van der Waals surface area contributed by atoms with E-state index in [-0.39, 0.29) is 0 Å². The van der Waals surface area contributed by atoms with Gasteiger partial charge in [0.1, 0.15) is 0 Å². The maximum atomic E-state index is 5.86. The number of nitrogens with zero attached hydrogens (tertiary/aromatic N) is 2. The fraction of sp³-hybridized carbons (Fsp3) is 1.00. The van der Waals surface area contributed by atoms with Crippen LogP contribution in [0.4, 0.5) is 0 Å². The van der Waals surface area contributed by atoms with Crippen molar-refractivity contribution in [1.29, 1.82) is 0 Å². The number of hydrogen-bond acceptors (Lipinski definition) is 4. The Morgan fingerprint density at radius 3 is 2.69 bits per heavy atom.